The van der Waals surface area contributed by atoms with Crippen molar-refractivity contribution >= 4 is 44.7 Å². The van der Waals surface area contributed by atoms with Crippen molar-refractivity contribution in [3.8, 4) is 33.3 Å². The molecule has 2 aromatic carbocycles. The molecule has 2 aliphatic heterocycles. The van der Waals surface area contributed by atoms with E-state index in [0.29, 0.717) is 42.0 Å². The number of aliphatic hydroxyl groups excluding tert-OH is 1. The number of para-hydroxylation sites is 1. The zero-order valence-corrected chi connectivity index (χ0v) is 33.8. The van der Waals surface area contributed by atoms with Gasteiger partial charge in [0.15, 0.2) is 5.76 Å². The van der Waals surface area contributed by atoms with Gasteiger partial charge in [-0.15, -0.1) is 32.9 Å². The molecule has 4 atom stereocenters. The number of nitrogens with one attached hydrogen (secondary N) is 1. The number of thiophene rings is 1. The van der Waals surface area contributed by atoms with E-state index >= 15 is 0 Å². The molecule has 0 radical (unpaired) electrons. The number of aliphatic hydroxyl groups is 1. The Labute approximate surface area is 338 Å². The number of phenols is 1. The molecule has 3 N–H and O–H groups in total. The number of rotatable bonds is 13. The average Bonchev–Trinajstić information content (AvgIpc) is 4.00. The molecule has 0 saturated carbocycles. The van der Waals surface area contributed by atoms with Gasteiger partial charge in [0.05, 0.1) is 33.9 Å². The van der Waals surface area contributed by atoms with E-state index in [9.17, 15) is 19.8 Å². The molecule has 0 aliphatic carbocycles. The second-order valence-electron chi connectivity index (χ2n) is 15.3. The summed E-state index contributed by atoms with van der Waals surface area (Å²) in [5.74, 6) is -0.335. The number of aromatic nitrogens is 4. The molecule has 2 aliphatic rings. The first-order valence-electron chi connectivity index (χ1n) is 19.2. The molecule has 57 heavy (non-hydrogen) atoms. The summed E-state index contributed by atoms with van der Waals surface area (Å²) in [5.41, 5.74) is 7.34. The van der Waals surface area contributed by atoms with E-state index in [2.05, 4.69) is 35.9 Å². The summed E-state index contributed by atoms with van der Waals surface area (Å²) in [6.45, 7) is 10.6. The van der Waals surface area contributed by atoms with Crippen molar-refractivity contribution < 1.29 is 29.1 Å². The molecule has 0 bridgehead atoms. The van der Waals surface area contributed by atoms with Gasteiger partial charge in [-0.3, -0.25) is 14.5 Å². The number of nitrogens with zero attached hydrogens (tertiary/aromatic N) is 6. The van der Waals surface area contributed by atoms with Crippen LogP contribution in [0.5, 0.6) is 11.6 Å². The number of phenolic OH excluding ortho intramolecular Hbond substituents is 1. The Kier molecular flexibility index (Phi) is 11.1. The number of carbonyl (C=O) groups excluding carboxylic acids is 2. The first kappa shape index (κ1) is 38.6. The molecule has 15 heteroatoms. The van der Waals surface area contributed by atoms with Gasteiger partial charge >= 0.3 is 0 Å². The maximum absolute atomic E-state index is 14.1. The molecule has 4 aromatic heterocycles. The summed E-state index contributed by atoms with van der Waals surface area (Å²) in [7, 11) is 0. The normalized spacial score (nSPS) is 18.5. The van der Waals surface area contributed by atoms with Crippen LogP contribution in [0, 0.1) is 12.8 Å². The third-order valence-electron chi connectivity index (χ3n) is 11.0. The van der Waals surface area contributed by atoms with E-state index in [0.717, 1.165) is 45.0 Å². The van der Waals surface area contributed by atoms with Crippen LogP contribution in [0.25, 0.3) is 31.9 Å². The number of ether oxygens (including phenoxy) is 1. The Morgan fingerprint density at radius 3 is 2.56 bits per heavy atom. The number of aryl methyl sites for hydroxylation is 1. The lowest BCUT2D eigenvalue weighted by Crippen LogP contribution is -2.48. The molecule has 0 spiro atoms. The second-order valence-corrected chi connectivity index (χ2v) is 17.0. The molecule has 2 amide bonds. The van der Waals surface area contributed by atoms with Gasteiger partial charge in [-0.25, -0.2) is 4.98 Å². The number of β-amino-alcohol motifs (C(OH)–C–C–N with tert-alkyl or cyclic N) is 1. The summed E-state index contributed by atoms with van der Waals surface area (Å²) < 4.78 is 11.7. The van der Waals surface area contributed by atoms with Crippen LogP contribution < -0.4 is 10.1 Å². The smallest absolute Gasteiger partial charge is 0.254 e. The van der Waals surface area contributed by atoms with Gasteiger partial charge < -0.3 is 29.7 Å². The van der Waals surface area contributed by atoms with Crippen molar-refractivity contribution in [3.05, 3.63) is 94.1 Å². The van der Waals surface area contributed by atoms with Crippen molar-refractivity contribution in [3.63, 3.8) is 0 Å². The zero-order chi connectivity index (χ0) is 39.8. The Morgan fingerprint density at radius 2 is 1.82 bits per heavy atom. The Bertz CT molecular complexity index is 2370. The molecule has 0 unspecified atom stereocenters. The van der Waals surface area contributed by atoms with E-state index in [1.54, 1.807) is 40.9 Å². The fourth-order valence-corrected chi connectivity index (χ4v) is 9.59. The van der Waals surface area contributed by atoms with Gasteiger partial charge in [-0.05, 0) is 65.2 Å². The monoisotopic (exact) mass is 807 g/mol. The standard InChI is InChI=1S/C42H45N7O6S2/c1-23(2)38(42(53)49-20-29(50)15-34(49)40(52)44-24(3)26-9-11-27(12-10-26)39-25(4)43-22-57-39)36-17-37(47-55-36)54-14-13-48-18-28(19-48)32-21-56-41-31(32)16-33(45-46-41)30-7-5-6-8-35(30)51/h5-12,16-17,21-24,28-29,34,38,50-51H,13-15,18-20H2,1-4H3,(H,44,52)/t24-,29+,34-,38+/m0/s1. The van der Waals surface area contributed by atoms with Crippen LogP contribution in [0.1, 0.15) is 67.7 Å². The van der Waals surface area contributed by atoms with E-state index < -0.39 is 18.1 Å². The third-order valence-corrected chi connectivity index (χ3v) is 12.9. The highest BCUT2D eigenvalue weighted by Crippen LogP contribution is 2.38. The topological polar surface area (TPSA) is 167 Å². The number of fused-ring (bicyclic) bond motifs is 1. The minimum absolute atomic E-state index is 0.0537. The Balaban J connectivity index is 0.851. The lowest BCUT2D eigenvalue weighted by molar-refractivity contribution is -0.141. The van der Waals surface area contributed by atoms with Gasteiger partial charge in [-0.2, -0.15) is 0 Å². The van der Waals surface area contributed by atoms with E-state index in [4.69, 9.17) is 9.26 Å². The van der Waals surface area contributed by atoms with Crippen LogP contribution >= 0.6 is 22.7 Å². The van der Waals surface area contributed by atoms with E-state index in [-0.39, 0.29) is 42.5 Å². The number of hydrogen-bond acceptors (Lipinski definition) is 13. The number of amides is 2. The van der Waals surface area contributed by atoms with Crippen LogP contribution in [0.15, 0.2) is 76.1 Å². The SMILES string of the molecule is Cc1ncsc1-c1ccc([C@H](C)NC(=O)[C@@H]2C[C@@H](O)CN2C(=O)[C@@H](c2cc(OCCN3CC(c4csc5nnc(-c6ccccc6O)cc45)C3)no2)C(C)C)cc1. The first-order chi connectivity index (χ1) is 27.5. The van der Waals surface area contributed by atoms with Gasteiger partial charge in [0.1, 0.15) is 29.1 Å². The molecular weight excluding hydrogens is 763 g/mol. The van der Waals surface area contributed by atoms with Gasteiger partial charge in [0.25, 0.3) is 5.88 Å². The van der Waals surface area contributed by atoms with Crippen LogP contribution in [0.2, 0.25) is 0 Å². The molecule has 6 aromatic rings. The number of thiazole rings is 1. The highest BCUT2D eigenvalue weighted by Gasteiger charge is 2.43. The van der Waals surface area contributed by atoms with E-state index in [1.165, 1.54) is 10.5 Å². The third kappa shape index (κ3) is 8.02. The first-order valence-corrected chi connectivity index (χ1v) is 20.9. The number of likely N-dealkylation sites (tertiary alicyclic amines) is 2. The lowest BCUT2D eigenvalue weighted by atomic mass is 9.91. The molecule has 13 nitrogen and oxygen atoms in total. The van der Waals surface area contributed by atoms with Crippen LogP contribution in [0.4, 0.5) is 0 Å². The largest absolute Gasteiger partial charge is 0.507 e. The molecule has 2 fully saturated rings. The number of carbonyl (C=O) groups is 2. The predicted molar refractivity (Wildman–Crippen MR) is 218 cm³/mol. The van der Waals surface area contributed by atoms with Crippen LogP contribution in [-0.4, -0.2) is 97.1 Å². The van der Waals surface area contributed by atoms with Gasteiger partial charge in [-0.1, -0.05) is 50.2 Å². The van der Waals surface area contributed by atoms with Gasteiger partial charge in [0.2, 0.25) is 11.8 Å². The van der Waals surface area contributed by atoms with Crippen LogP contribution in [-0.2, 0) is 9.59 Å². The maximum atomic E-state index is 14.1. The maximum Gasteiger partial charge on any atom is 0.254 e. The highest BCUT2D eigenvalue weighted by molar-refractivity contribution is 7.17. The summed E-state index contributed by atoms with van der Waals surface area (Å²) in [6.07, 6.45) is -0.672. The van der Waals surface area contributed by atoms with Crippen molar-refractivity contribution in [2.24, 2.45) is 5.92 Å². The number of benzene rings is 2. The Hall–Kier alpha value is -5.22. The molecule has 2 saturated heterocycles. The summed E-state index contributed by atoms with van der Waals surface area (Å²) in [6, 6.07) is 17.7. The predicted octanol–water partition coefficient (Wildman–Crippen LogP) is 6.54. The minimum atomic E-state index is -0.825. The summed E-state index contributed by atoms with van der Waals surface area (Å²) in [5, 5.41) is 40.1. The minimum Gasteiger partial charge on any atom is -0.507 e. The quantitative estimate of drug-likeness (QED) is 0.116. The number of aromatic hydroxyl groups is 1. The Morgan fingerprint density at radius 1 is 1.04 bits per heavy atom. The summed E-state index contributed by atoms with van der Waals surface area (Å²) >= 11 is 3.17. The second kappa shape index (κ2) is 16.3. The molecular formula is C42H45N7O6S2. The molecule has 296 valence electrons. The molecule has 6 heterocycles. The zero-order valence-electron chi connectivity index (χ0n) is 32.2. The lowest BCUT2D eigenvalue weighted by Gasteiger charge is -2.39. The average molecular weight is 808 g/mol. The van der Waals surface area contributed by atoms with Crippen molar-refractivity contribution in [2.45, 2.75) is 64.1 Å². The molecule has 8 rings (SSSR count). The highest BCUT2D eigenvalue weighted by atomic mass is 32.1. The summed E-state index contributed by atoms with van der Waals surface area (Å²) in [4.78, 5) is 37.9. The number of hydrogen-bond donors (Lipinski definition) is 3. The van der Waals surface area contributed by atoms with Gasteiger partial charge in [0, 0.05) is 55.5 Å². The van der Waals surface area contributed by atoms with Crippen molar-refractivity contribution in [1.82, 2.24) is 35.5 Å². The fourth-order valence-electron chi connectivity index (χ4n) is 7.83. The van der Waals surface area contributed by atoms with Crippen molar-refractivity contribution in [2.75, 3.05) is 32.8 Å². The van der Waals surface area contributed by atoms with Crippen molar-refractivity contribution in [1.29, 1.82) is 0 Å². The van der Waals surface area contributed by atoms with Crippen LogP contribution in [0.3, 0.4) is 0 Å². The van der Waals surface area contributed by atoms with E-state index in [1.807, 2.05) is 75.7 Å². The fraction of sp³-hybridized carbons (Fsp3) is 0.381.